The van der Waals surface area contributed by atoms with Gasteiger partial charge >= 0.3 is 5.97 Å². The zero-order valence-corrected chi connectivity index (χ0v) is 13.3. The number of methoxy groups -OCH3 is 1. The third-order valence-electron chi connectivity index (χ3n) is 3.51. The third-order valence-corrected chi connectivity index (χ3v) is 4.50. The van der Waals surface area contributed by atoms with E-state index >= 15 is 0 Å². The molecule has 1 unspecified atom stereocenters. The van der Waals surface area contributed by atoms with Crippen molar-refractivity contribution in [2.24, 2.45) is 0 Å². The van der Waals surface area contributed by atoms with E-state index in [1.54, 1.807) is 11.3 Å². The summed E-state index contributed by atoms with van der Waals surface area (Å²) in [4.78, 5) is 12.8. The van der Waals surface area contributed by atoms with Gasteiger partial charge in [-0.1, -0.05) is 37.3 Å². The predicted octanol–water partition coefficient (Wildman–Crippen LogP) is 3.70. The van der Waals surface area contributed by atoms with Crippen LogP contribution in [-0.4, -0.2) is 13.1 Å². The summed E-state index contributed by atoms with van der Waals surface area (Å²) in [5, 5.41) is 5.68. The Labute approximate surface area is 130 Å². The first-order valence-corrected chi connectivity index (χ1v) is 8.03. The standard InChI is InChI=1S/C17H21NO2S/c1-3-15(16-9-6-10-21-16)18-12-14-8-5-4-7-13(14)11-17(19)20-2/h4-10,15,18H,3,11-12H2,1-2H3. The fourth-order valence-corrected chi connectivity index (χ4v) is 3.18. The second-order valence-corrected chi connectivity index (χ2v) is 5.86. The lowest BCUT2D eigenvalue weighted by Crippen LogP contribution is -2.20. The van der Waals surface area contributed by atoms with Crippen molar-refractivity contribution in [1.82, 2.24) is 5.32 Å². The number of hydrogen-bond donors (Lipinski definition) is 1. The van der Waals surface area contributed by atoms with Crippen LogP contribution in [0.5, 0.6) is 0 Å². The fourth-order valence-electron chi connectivity index (χ4n) is 2.30. The number of ether oxygens (including phenoxy) is 1. The summed E-state index contributed by atoms with van der Waals surface area (Å²) in [5.41, 5.74) is 2.18. The summed E-state index contributed by atoms with van der Waals surface area (Å²) in [6.07, 6.45) is 1.36. The van der Waals surface area contributed by atoms with Crippen LogP contribution in [0, 0.1) is 0 Å². The Morgan fingerprint density at radius 3 is 2.62 bits per heavy atom. The van der Waals surface area contributed by atoms with Crippen LogP contribution in [0.3, 0.4) is 0 Å². The Kier molecular flexibility index (Phi) is 5.96. The second-order valence-electron chi connectivity index (χ2n) is 4.88. The number of thiophene rings is 1. The summed E-state index contributed by atoms with van der Waals surface area (Å²) in [7, 11) is 1.42. The predicted molar refractivity (Wildman–Crippen MR) is 86.4 cm³/mol. The highest BCUT2D eigenvalue weighted by atomic mass is 32.1. The number of esters is 1. The molecular weight excluding hydrogens is 282 g/mol. The van der Waals surface area contributed by atoms with Crippen molar-refractivity contribution in [3.05, 3.63) is 57.8 Å². The van der Waals surface area contributed by atoms with Crippen LogP contribution >= 0.6 is 11.3 Å². The highest BCUT2D eigenvalue weighted by Gasteiger charge is 2.12. The topological polar surface area (TPSA) is 38.3 Å². The van der Waals surface area contributed by atoms with E-state index in [1.165, 1.54) is 12.0 Å². The van der Waals surface area contributed by atoms with Crippen molar-refractivity contribution < 1.29 is 9.53 Å². The number of benzene rings is 1. The summed E-state index contributed by atoms with van der Waals surface area (Å²) in [6.45, 7) is 2.93. The molecule has 0 fully saturated rings. The van der Waals surface area contributed by atoms with Crippen molar-refractivity contribution in [2.45, 2.75) is 32.4 Å². The first-order chi connectivity index (χ1) is 10.2. The highest BCUT2D eigenvalue weighted by molar-refractivity contribution is 7.10. The minimum Gasteiger partial charge on any atom is -0.469 e. The Hall–Kier alpha value is -1.65. The molecule has 0 aliphatic carbocycles. The van der Waals surface area contributed by atoms with Crippen LogP contribution in [0.1, 0.15) is 35.4 Å². The van der Waals surface area contributed by atoms with E-state index in [0.717, 1.165) is 24.1 Å². The van der Waals surface area contributed by atoms with E-state index in [-0.39, 0.29) is 5.97 Å². The van der Waals surface area contributed by atoms with Crippen molar-refractivity contribution in [1.29, 1.82) is 0 Å². The molecule has 0 aliphatic heterocycles. The zero-order valence-electron chi connectivity index (χ0n) is 12.5. The molecular formula is C17H21NO2S. The number of carbonyl (C=O) groups is 1. The Bertz CT molecular complexity index is 566. The second kappa shape index (κ2) is 7.96. The molecule has 112 valence electrons. The number of rotatable bonds is 7. The van der Waals surface area contributed by atoms with Crippen LogP contribution in [-0.2, 0) is 22.5 Å². The smallest absolute Gasteiger partial charge is 0.309 e. The molecule has 0 radical (unpaired) electrons. The molecule has 0 saturated heterocycles. The van der Waals surface area contributed by atoms with Crippen LogP contribution in [0.15, 0.2) is 41.8 Å². The normalized spacial score (nSPS) is 12.1. The number of nitrogens with one attached hydrogen (secondary N) is 1. The van der Waals surface area contributed by atoms with Gasteiger partial charge in [0.05, 0.1) is 13.5 Å². The van der Waals surface area contributed by atoms with Gasteiger partial charge in [-0.2, -0.15) is 0 Å². The first-order valence-electron chi connectivity index (χ1n) is 7.15. The van der Waals surface area contributed by atoms with Gasteiger partial charge in [0.1, 0.15) is 0 Å². The first kappa shape index (κ1) is 15.7. The van der Waals surface area contributed by atoms with Gasteiger partial charge in [-0.05, 0) is 29.0 Å². The van der Waals surface area contributed by atoms with Gasteiger partial charge in [0.2, 0.25) is 0 Å². The molecule has 2 rings (SSSR count). The summed E-state index contributed by atoms with van der Waals surface area (Å²) >= 11 is 1.77. The molecule has 4 heteroatoms. The molecule has 3 nitrogen and oxygen atoms in total. The zero-order chi connectivity index (χ0) is 15.1. The average molecular weight is 303 g/mol. The van der Waals surface area contributed by atoms with Crippen LogP contribution in [0.25, 0.3) is 0 Å². The molecule has 1 atom stereocenters. The summed E-state index contributed by atoms with van der Waals surface area (Å²) < 4.78 is 4.76. The van der Waals surface area contributed by atoms with E-state index in [9.17, 15) is 4.79 Å². The van der Waals surface area contributed by atoms with Crippen molar-refractivity contribution >= 4 is 17.3 Å². The molecule has 0 aliphatic rings. The number of hydrogen-bond acceptors (Lipinski definition) is 4. The maximum Gasteiger partial charge on any atom is 0.309 e. The molecule has 0 amide bonds. The number of carbonyl (C=O) groups excluding carboxylic acids is 1. The Balaban J connectivity index is 2.04. The van der Waals surface area contributed by atoms with Gasteiger partial charge in [0.25, 0.3) is 0 Å². The Morgan fingerprint density at radius 1 is 1.24 bits per heavy atom. The fraction of sp³-hybridized carbons (Fsp3) is 0.353. The largest absolute Gasteiger partial charge is 0.469 e. The van der Waals surface area contributed by atoms with Gasteiger partial charge < -0.3 is 10.1 Å². The molecule has 0 spiro atoms. The van der Waals surface area contributed by atoms with E-state index in [1.807, 2.05) is 18.2 Å². The molecule has 2 aromatic rings. The van der Waals surface area contributed by atoms with Crippen molar-refractivity contribution in [3.8, 4) is 0 Å². The maximum atomic E-state index is 11.5. The quantitative estimate of drug-likeness (QED) is 0.793. The maximum absolute atomic E-state index is 11.5. The van der Waals surface area contributed by atoms with E-state index < -0.39 is 0 Å². The molecule has 21 heavy (non-hydrogen) atoms. The van der Waals surface area contributed by atoms with Gasteiger partial charge in [-0.25, -0.2) is 0 Å². The van der Waals surface area contributed by atoms with E-state index in [0.29, 0.717) is 12.5 Å². The molecule has 1 N–H and O–H groups in total. The van der Waals surface area contributed by atoms with E-state index in [2.05, 4.69) is 35.8 Å². The van der Waals surface area contributed by atoms with Gasteiger partial charge in [0.15, 0.2) is 0 Å². The summed E-state index contributed by atoms with van der Waals surface area (Å²) in [6, 6.07) is 12.6. The molecule has 0 saturated carbocycles. The van der Waals surface area contributed by atoms with Gasteiger partial charge in [0, 0.05) is 17.5 Å². The Morgan fingerprint density at radius 2 is 2.00 bits per heavy atom. The molecule has 1 aromatic heterocycles. The van der Waals surface area contributed by atoms with E-state index in [4.69, 9.17) is 4.74 Å². The minimum absolute atomic E-state index is 0.201. The SMILES string of the molecule is CCC(NCc1ccccc1CC(=O)OC)c1cccs1. The van der Waals surface area contributed by atoms with Gasteiger partial charge in [-0.15, -0.1) is 11.3 Å². The third kappa shape index (κ3) is 4.41. The van der Waals surface area contributed by atoms with Crippen LogP contribution in [0.4, 0.5) is 0 Å². The molecule has 1 heterocycles. The lowest BCUT2D eigenvalue weighted by atomic mass is 10.0. The monoisotopic (exact) mass is 303 g/mol. The summed E-state index contributed by atoms with van der Waals surface area (Å²) in [5.74, 6) is -0.201. The lowest BCUT2D eigenvalue weighted by molar-refractivity contribution is -0.139. The highest BCUT2D eigenvalue weighted by Crippen LogP contribution is 2.22. The van der Waals surface area contributed by atoms with Crippen molar-refractivity contribution in [2.75, 3.05) is 7.11 Å². The average Bonchev–Trinajstić information content (AvgIpc) is 3.03. The van der Waals surface area contributed by atoms with Crippen LogP contribution < -0.4 is 5.32 Å². The molecule has 1 aromatic carbocycles. The van der Waals surface area contributed by atoms with Crippen molar-refractivity contribution in [3.63, 3.8) is 0 Å². The molecule has 0 bridgehead atoms. The lowest BCUT2D eigenvalue weighted by Gasteiger charge is -2.17. The minimum atomic E-state index is -0.201. The van der Waals surface area contributed by atoms with Gasteiger partial charge in [-0.3, -0.25) is 4.79 Å². The van der Waals surface area contributed by atoms with Crippen LogP contribution in [0.2, 0.25) is 0 Å².